The summed E-state index contributed by atoms with van der Waals surface area (Å²) in [6, 6.07) is 2.45. The lowest BCUT2D eigenvalue weighted by molar-refractivity contribution is -0.149. The van der Waals surface area contributed by atoms with Gasteiger partial charge in [-0.15, -0.1) is 0 Å². The average Bonchev–Trinajstić information content (AvgIpc) is 2.50. The Morgan fingerprint density at radius 3 is 2.21 bits per heavy atom. The number of benzene rings is 1. The summed E-state index contributed by atoms with van der Waals surface area (Å²) in [5.74, 6) is -3.33. The van der Waals surface area contributed by atoms with E-state index in [2.05, 4.69) is 4.72 Å². The molecule has 0 aliphatic carbocycles. The van der Waals surface area contributed by atoms with Crippen molar-refractivity contribution >= 4 is 21.9 Å². The summed E-state index contributed by atoms with van der Waals surface area (Å²) in [6.07, 6.45) is 0. The van der Waals surface area contributed by atoms with Gasteiger partial charge < -0.3 is 10.0 Å². The van der Waals surface area contributed by atoms with Crippen LogP contribution in [0.1, 0.15) is 20.8 Å². The SMILES string of the molecule is CC(C)[C@H](NS(=O)(=O)c1ccccc1F)C(=O)N(C)C(C)C(=O)O. The van der Waals surface area contributed by atoms with Gasteiger partial charge in [0.05, 0.1) is 0 Å². The first-order valence-electron chi connectivity index (χ1n) is 7.25. The van der Waals surface area contributed by atoms with Crippen LogP contribution in [0.2, 0.25) is 0 Å². The van der Waals surface area contributed by atoms with Gasteiger partial charge >= 0.3 is 5.97 Å². The molecule has 0 saturated carbocycles. The topological polar surface area (TPSA) is 104 Å². The molecule has 0 fully saturated rings. The third-order valence-corrected chi connectivity index (χ3v) is 5.10. The van der Waals surface area contributed by atoms with Crippen LogP contribution in [0.15, 0.2) is 29.2 Å². The van der Waals surface area contributed by atoms with E-state index in [1.54, 1.807) is 13.8 Å². The third kappa shape index (κ3) is 4.51. The number of hydrogen-bond donors (Lipinski definition) is 2. The normalized spacial score (nSPS) is 14.2. The maximum absolute atomic E-state index is 13.7. The fourth-order valence-electron chi connectivity index (χ4n) is 1.94. The van der Waals surface area contributed by atoms with E-state index in [1.165, 1.54) is 26.1 Å². The molecule has 0 radical (unpaired) electrons. The second-order valence-corrected chi connectivity index (χ2v) is 7.42. The molecule has 134 valence electrons. The highest BCUT2D eigenvalue weighted by molar-refractivity contribution is 7.89. The maximum atomic E-state index is 13.7. The molecular weight excluding hydrogens is 339 g/mol. The van der Waals surface area contributed by atoms with Gasteiger partial charge in [-0.1, -0.05) is 26.0 Å². The second-order valence-electron chi connectivity index (χ2n) is 5.74. The lowest BCUT2D eigenvalue weighted by atomic mass is 10.0. The molecule has 2 N–H and O–H groups in total. The van der Waals surface area contributed by atoms with E-state index in [1.807, 2.05) is 0 Å². The van der Waals surface area contributed by atoms with Gasteiger partial charge in [-0.05, 0) is 25.0 Å². The third-order valence-electron chi connectivity index (χ3n) is 3.63. The van der Waals surface area contributed by atoms with E-state index < -0.39 is 50.6 Å². The molecule has 1 unspecified atom stereocenters. The van der Waals surface area contributed by atoms with Crippen LogP contribution in [-0.2, 0) is 19.6 Å². The van der Waals surface area contributed by atoms with Crippen LogP contribution in [0.25, 0.3) is 0 Å². The van der Waals surface area contributed by atoms with Crippen molar-refractivity contribution in [3.63, 3.8) is 0 Å². The number of carbonyl (C=O) groups excluding carboxylic acids is 1. The zero-order chi connectivity index (χ0) is 18.7. The van der Waals surface area contributed by atoms with E-state index in [4.69, 9.17) is 5.11 Å². The zero-order valence-electron chi connectivity index (χ0n) is 13.9. The number of nitrogens with one attached hydrogen (secondary N) is 1. The second kappa shape index (κ2) is 7.71. The zero-order valence-corrected chi connectivity index (χ0v) is 14.7. The summed E-state index contributed by atoms with van der Waals surface area (Å²) >= 11 is 0. The molecule has 0 aliphatic rings. The van der Waals surface area contributed by atoms with E-state index in [-0.39, 0.29) is 0 Å². The van der Waals surface area contributed by atoms with Crippen LogP contribution >= 0.6 is 0 Å². The Kier molecular flexibility index (Phi) is 6.44. The molecule has 0 heterocycles. The molecule has 1 aromatic rings. The van der Waals surface area contributed by atoms with Gasteiger partial charge in [-0.25, -0.2) is 17.6 Å². The average molecular weight is 360 g/mol. The maximum Gasteiger partial charge on any atom is 0.326 e. The van der Waals surface area contributed by atoms with Crippen LogP contribution in [0, 0.1) is 11.7 Å². The van der Waals surface area contributed by atoms with Crippen LogP contribution < -0.4 is 4.72 Å². The summed E-state index contributed by atoms with van der Waals surface area (Å²) in [6.45, 7) is 4.51. The summed E-state index contributed by atoms with van der Waals surface area (Å²) in [5.41, 5.74) is 0. The van der Waals surface area contributed by atoms with Gasteiger partial charge in [-0.2, -0.15) is 4.72 Å². The van der Waals surface area contributed by atoms with Crippen molar-refractivity contribution in [2.45, 2.75) is 37.8 Å². The number of hydrogen-bond acceptors (Lipinski definition) is 4. The summed E-state index contributed by atoms with van der Waals surface area (Å²) in [5, 5.41) is 8.99. The molecule has 0 aromatic heterocycles. The van der Waals surface area contributed by atoms with E-state index >= 15 is 0 Å². The van der Waals surface area contributed by atoms with Gasteiger partial charge in [0.15, 0.2) is 0 Å². The van der Waals surface area contributed by atoms with Crippen molar-refractivity contribution in [3.8, 4) is 0 Å². The van der Waals surface area contributed by atoms with E-state index in [0.717, 1.165) is 17.0 Å². The Balaban J connectivity index is 3.12. The lowest BCUT2D eigenvalue weighted by Gasteiger charge is -2.29. The fraction of sp³-hybridized carbons (Fsp3) is 0.467. The van der Waals surface area contributed by atoms with Crippen molar-refractivity contribution in [1.29, 1.82) is 0 Å². The van der Waals surface area contributed by atoms with Gasteiger partial charge in [0, 0.05) is 7.05 Å². The molecule has 0 bridgehead atoms. The predicted octanol–water partition coefficient (Wildman–Crippen LogP) is 1.06. The van der Waals surface area contributed by atoms with Gasteiger partial charge in [0.2, 0.25) is 15.9 Å². The quantitative estimate of drug-likeness (QED) is 0.757. The number of carbonyl (C=O) groups is 2. The Bertz CT molecular complexity index is 720. The first-order valence-corrected chi connectivity index (χ1v) is 8.73. The van der Waals surface area contributed by atoms with Crippen molar-refractivity contribution in [1.82, 2.24) is 9.62 Å². The molecule has 0 spiro atoms. The standard InChI is InChI=1S/C15H21FN2O5S/c1-9(2)13(14(19)18(4)10(3)15(20)21)17-24(22,23)12-8-6-5-7-11(12)16/h5-10,13,17H,1-4H3,(H,20,21)/t10?,13-/m0/s1. The summed E-state index contributed by atoms with van der Waals surface area (Å²) in [4.78, 5) is 23.8. The highest BCUT2D eigenvalue weighted by Crippen LogP contribution is 2.16. The minimum Gasteiger partial charge on any atom is -0.480 e. The summed E-state index contributed by atoms with van der Waals surface area (Å²) in [7, 11) is -3.01. The van der Waals surface area contributed by atoms with E-state index in [0.29, 0.717) is 0 Å². The Morgan fingerprint density at radius 1 is 1.21 bits per heavy atom. The molecule has 1 aromatic carbocycles. The molecule has 24 heavy (non-hydrogen) atoms. The number of carboxylic acid groups (broad SMARTS) is 1. The first-order chi connectivity index (χ1) is 11.0. The molecular formula is C15H21FN2O5S. The van der Waals surface area contributed by atoms with Crippen LogP contribution in [0.4, 0.5) is 4.39 Å². The fourth-order valence-corrected chi connectivity index (χ4v) is 3.36. The molecule has 7 nitrogen and oxygen atoms in total. The first kappa shape index (κ1) is 20.0. The molecule has 9 heteroatoms. The van der Waals surface area contributed by atoms with Crippen LogP contribution in [0.5, 0.6) is 0 Å². The smallest absolute Gasteiger partial charge is 0.326 e. The van der Waals surface area contributed by atoms with Gasteiger partial charge in [0.25, 0.3) is 0 Å². The van der Waals surface area contributed by atoms with Gasteiger partial charge in [-0.3, -0.25) is 4.79 Å². The van der Waals surface area contributed by atoms with Gasteiger partial charge in [0.1, 0.15) is 22.8 Å². The lowest BCUT2D eigenvalue weighted by Crippen LogP contribution is -2.53. The van der Waals surface area contributed by atoms with Crippen LogP contribution in [0.3, 0.4) is 0 Å². The Labute approximate surface area is 140 Å². The predicted molar refractivity (Wildman–Crippen MR) is 85.2 cm³/mol. The minimum absolute atomic E-state index is 0.470. The number of aliphatic carboxylic acids is 1. The summed E-state index contributed by atoms with van der Waals surface area (Å²) < 4.78 is 40.6. The molecule has 1 rings (SSSR count). The largest absolute Gasteiger partial charge is 0.480 e. The molecule has 0 saturated heterocycles. The van der Waals surface area contributed by atoms with Crippen LogP contribution in [-0.4, -0.2) is 49.4 Å². The Hall–Kier alpha value is -2.00. The number of nitrogens with zero attached hydrogens (tertiary/aromatic N) is 1. The highest BCUT2D eigenvalue weighted by atomic mass is 32.2. The number of sulfonamides is 1. The number of rotatable bonds is 7. The number of carboxylic acids is 1. The molecule has 1 amide bonds. The Morgan fingerprint density at radius 2 is 1.75 bits per heavy atom. The highest BCUT2D eigenvalue weighted by Gasteiger charge is 2.34. The number of likely N-dealkylation sites (N-methyl/N-ethyl adjacent to an activating group) is 1. The van der Waals surface area contributed by atoms with Crippen molar-refractivity contribution in [2.24, 2.45) is 5.92 Å². The number of amides is 1. The van der Waals surface area contributed by atoms with Crippen molar-refractivity contribution < 1.29 is 27.5 Å². The van der Waals surface area contributed by atoms with E-state index in [9.17, 15) is 22.4 Å². The molecule has 2 atom stereocenters. The number of halogens is 1. The van der Waals surface area contributed by atoms with Crippen molar-refractivity contribution in [2.75, 3.05) is 7.05 Å². The monoisotopic (exact) mass is 360 g/mol. The molecule has 0 aliphatic heterocycles. The van der Waals surface area contributed by atoms with Crippen molar-refractivity contribution in [3.05, 3.63) is 30.1 Å². The minimum atomic E-state index is -4.28.